The van der Waals surface area contributed by atoms with Crippen LogP contribution in [0.4, 0.5) is 10.1 Å². The lowest BCUT2D eigenvalue weighted by molar-refractivity contribution is -0.139. The topological polar surface area (TPSA) is 86.8 Å². The van der Waals surface area contributed by atoms with Gasteiger partial charge in [-0.15, -0.1) is 0 Å². The largest absolute Gasteiger partial charge is 0.352 e. The predicted molar refractivity (Wildman–Crippen MR) is 132 cm³/mol. The molecule has 0 aliphatic heterocycles. The SMILES string of the molecule is CCC(C)NC(=O)C(C)N(Cc1ccccc1F)C(=O)CN(c1ccc(C)c(C)c1)S(C)(=O)=O. The van der Waals surface area contributed by atoms with E-state index < -0.39 is 40.2 Å². The molecular weight excluding hydrogens is 457 g/mol. The normalized spacial score (nSPS) is 13.1. The summed E-state index contributed by atoms with van der Waals surface area (Å²) >= 11 is 0. The number of aryl methyl sites for hydroxylation is 2. The van der Waals surface area contributed by atoms with Crippen molar-refractivity contribution >= 4 is 27.5 Å². The van der Waals surface area contributed by atoms with Gasteiger partial charge in [-0.05, 0) is 63.4 Å². The Morgan fingerprint density at radius 2 is 1.71 bits per heavy atom. The fourth-order valence-electron chi connectivity index (χ4n) is 3.35. The van der Waals surface area contributed by atoms with Crippen molar-refractivity contribution in [2.24, 2.45) is 0 Å². The molecule has 0 spiro atoms. The number of rotatable bonds is 10. The molecule has 7 nitrogen and oxygen atoms in total. The van der Waals surface area contributed by atoms with Crippen molar-refractivity contribution < 1.29 is 22.4 Å². The Kier molecular flexibility index (Phi) is 9.21. The summed E-state index contributed by atoms with van der Waals surface area (Å²) in [7, 11) is -3.81. The highest BCUT2D eigenvalue weighted by Gasteiger charge is 2.31. The van der Waals surface area contributed by atoms with Crippen LogP contribution >= 0.6 is 0 Å². The van der Waals surface area contributed by atoms with Gasteiger partial charge < -0.3 is 10.2 Å². The molecule has 9 heteroatoms. The van der Waals surface area contributed by atoms with Gasteiger partial charge in [0.1, 0.15) is 18.4 Å². The third kappa shape index (κ3) is 7.03. The summed E-state index contributed by atoms with van der Waals surface area (Å²) in [6.45, 7) is 8.39. The van der Waals surface area contributed by atoms with E-state index in [2.05, 4.69) is 5.32 Å². The lowest BCUT2D eigenvalue weighted by Crippen LogP contribution is -2.52. The molecule has 0 bridgehead atoms. The van der Waals surface area contributed by atoms with Crippen molar-refractivity contribution in [1.29, 1.82) is 0 Å². The number of hydrogen-bond acceptors (Lipinski definition) is 4. The molecule has 0 saturated heterocycles. The molecule has 2 atom stereocenters. The molecule has 0 saturated carbocycles. The smallest absolute Gasteiger partial charge is 0.244 e. The molecule has 0 aliphatic carbocycles. The molecule has 0 aliphatic rings. The standard InChI is InChI=1S/C25H34FN3O4S/c1-7-19(4)27-25(31)20(5)28(15-21-10-8-9-11-23(21)26)24(30)16-29(34(6,32)33)22-13-12-17(2)18(3)14-22/h8-14,19-20H,7,15-16H2,1-6H3,(H,27,31). The molecule has 0 heterocycles. The summed E-state index contributed by atoms with van der Waals surface area (Å²) in [5.41, 5.74) is 2.45. The molecule has 34 heavy (non-hydrogen) atoms. The van der Waals surface area contributed by atoms with Crippen LogP contribution in [-0.4, -0.2) is 50.0 Å². The van der Waals surface area contributed by atoms with Gasteiger partial charge in [-0.2, -0.15) is 0 Å². The first kappa shape index (κ1) is 27.3. The van der Waals surface area contributed by atoms with Crippen molar-refractivity contribution in [3.05, 3.63) is 65.0 Å². The van der Waals surface area contributed by atoms with E-state index in [1.807, 2.05) is 27.7 Å². The molecule has 2 unspecified atom stereocenters. The molecule has 2 aromatic carbocycles. The minimum absolute atomic E-state index is 0.108. The van der Waals surface area contributed by atoms with Crippen molar-refractivity contribution in [2.45, 2.75) is 59.7 Å². The number of hydrogen-bond donors (Lipinski definition) is 1. The zero-order valence-corrected chi connectivity index (χ0v) is 21.4. The van der Waals surface area contributed by atoms with Gasteiger partial charge in [-0.25, -0.2) is 12.8 Å². The van der Waals surface area contributed by atoms with E-state index >= 15 is 0 Å². The van der Waals surface area contributed by atoms with Gasteiger partial charge in [0, 0.05) is 18.2 Å². The molecule has 186 valence electrons. The van der Waals surface area contributed by atoms with Crippen LogP contribution in [-0.2, 0) is 26.2 Å². The molecule has 1 N–H and O–H groups in total. The van der Waals surface area contributed by atoms with Crippen LogP contribution < -0.4 is 9.62 Å². The Morgan fingerprint density at radius 1 is 1.06 bits per heavy atom. The monoisotopic (exact) mass is 491 g/mol. The van der Waals surface area contributed by atoms with Crippen molar-refractivity contribution in [2.75, 3.05) is 17.1 Å². The summed E-state index contributed by atoms with van der Waals surface area (Å²) in [5.74, 6) is -1.52. The van der Waals surface area contributed by atoms with Gasteiger partial charge in [0.05, 0.1) is 11.9 Å². The van der Waals surface area contributed by atoms with E-state index in [1.165, 1.54) is 23.1 Å². The van der Waals surface area contributed by atoms with Gasteiger partial charge in [-0.3, -0.25) is 13.9 Å². The number of sulfonamides is 1. The average Bonchev–Trinajstić information content (AvgIpc) is 2.77. The van der Waals surface area contributed by atoms with Crippen LogP contribution in [0.1, 0.15) is 43.9 Å². The van der Waals surface area contributed by atoms with Crippen LogP contribution in [0.3, 0.4) is 0 Å². The summed E-state index contributed by atoms with van der Waals surface area (Å²) in [5, 5.41) is 2.84. The Hall–Kier alpha value is -2.94. The summed E-state index contributed by atoms with van der Waals surface area (Å²) in [4.78, 5) is 27.5. The quantitative estimate of drug-likeness (QED) is 0.551. The van der Waals surface area contributed by atoms with E-state index in [0.29, 0.717) is 12.1 Å². The fraction of sp³-hybridized carbons (Fsp3) is 0.440. The van der Waals surface area contributed by atoms with Gasteiger partial charge in [-0.1, -0.05) is 31.2 Å². The predicted octanol–water partition coefficient (Wildman–Crippen LogP) is 3.54. The van der Waals surface area contributed by atoms with Gasteiger partial charge in [0.2, 0.25) is 21.8 Å². The van der Waals surface area contributed by atoms with Crippen molar-refractivity contribution in [1.82, 2.24) is 10.2 Å². The minimum atomic E-state index is -3.81. The van der Waals surface area contributed by atoms with E-state index in [1.54, 1.807) is 31.2 Å². The summed E-state index contributed by atoms with van der Waals surface area (Å²) in [6, 6.07) is 10.1. The number of halogens is 1. The Bertz CT molecular complexity index is 1140. The summed E-state index contributed by atoms with van der Waals surface area (Å²) < 4.78 is 40.6. The third-order valence-electron chi connectivity index (χ3n) is 5.92. The highest BCUT2D eigenvalue weighted by molar-refractivity contribution is 7.92. The number of carbonyl (C=O) groups excluding carboxylic acids is 2. The van der Waals surface area contributed by atoms with E-state index in [-0.39, 0.29) is 18.2 Å². The van der Waals surface area contributed by atoms with Crippen LogP contribution in [0.15, 0.2) is 42.5 Å². The minimum Gasteiger partial charge on any atom is -0.352 e. The lowest BCUT2D eigenvalue weighted by Gasteiger charge is -2.32. The van der Waals surface area contributed by atoms with Crippen LogP contribution in [0.2, 0.25) is 0 Å². The highest BCUT2D eigenvalue weighted by Crippen LogP contribution is 2.22. The Morgan fingerprint density at radius 3 is 2.26 bits per heavy atom. The van der Waals surface area contributed by atoms with Crippen LogP contribution in [0.5, 0.6) is 0 Å². The lowest BCUT2D eigenvalue weighted by atomic mass is 10.1. The second kappa shape index (κ2) is 11.5. The zero-order valence-electron chi connectivity index (χ0n) is 20.6. The first-order valence-corrected chi connectivity index (χ1v) is 13.1. The molecule has 0 radical (unpaired) electrons. The van der Waals surface area contributed by atoms with E-state index in [0.717, 1.165) is 21.7 Å². The molecule has 2 aromatic rings. The number of nitrogens with one attached hydrogen (secondary N) is 1. The maximum absolute atomic E-state index is 14.4. The zero-order chi connectivity index (χ0) is 25.6. The number of anilines is 1. The first-order valence-electron chi connectivity index (χ1n) is 11.2. The molecule has 2 rings (SSSR count). The van der Waals surface area contributed by atoms with Crippen molar-refractivity contribution in [3.63, 3.8) is 0 Å². The van der Waals surface area contributed by atoms with Gasteiger partial charge >= 0.3 is 0 Å². The van der Waals surface area contributed by atoms with E-state index in [9.17, 15) is 22.4 Å². The first-order chi connectivity index (χ1) is 15.8. The molecule has 2 amide bonds. The number of carbonyl (C=O) groups is 2. The average molecular weight is 492 g/mol. The van der Waals surface area contributed by atoms with Crippen LogP contribution in [0.25, 0.3) is 0 Å². The molecular formula is C25H34FN3O4S. The fourth-order valence-corrected chi connectivity index (χ4v) is 4.19. The van der Waals surface area contributed by atoms with Gasteiger partial charge in [0.15, 0.2) is 0 Å². The maximum Gasteiger partial charge on any atom is 0.244 e. The second-order valence-corrected chi connectivity index (χ2v) is 10.6. The highest BCUT2D eigenvalue weighted by atomic mass is 32.2. The van der Waals surface area contributed by atoms with Gasteiger partial charge in [0.25, 0.3) is 0 Å². The summed E-state index contributed by atoms with van der Waals surface area (Å²) in [6.07, 6.45) is 1.73. The number of nitrogens with zero attached hydrogens (tertiary/aromatic N) is 2. The molecule has 0 fully saturated rings. The Labute approximate surface area is 202 Å². The maximum atomic E-state index is 14.4. The van der Waals surface area contributed by atoms with E-state index in [4.69, 9.17) is 0 Å². The van der Waals surface area contributed by atoms with Crippen molar-refractivity contribution in [3.8, 4) is 0 Å². The number of amides is 2. The van der Waals surface area contributed by atoms with Crippen LogP contribution in [0, 0.1) is 19.7 Å². The number of benzene rings is 2. The Balaban J connectivity index is 2.42. The second-order valence-electron chi connectivity index (χ2n) is 8.65. The molecule has 0 aromatic heterocycles. The third-order valence-corrected chi connectivity index (χ3v) is 7.07.